The van der Waals surface area contributed by atoms with Crippen molar-refractivity contribution < 1.29 is 14.4 Å². The minimum Gasteiger partial charge on any atom is -0.485 e. The van der Waals surface area contributed by atoms with Crippen LogP contribution in [0, 0.1) is 0 Å². The number of hydrogen-bond donors (Lipinski definition) is 1. The second-order valence-electron chi connectivity index (χ2n) is 5.41. The first-order valence-corrected chi connectivity index (χ1v) is 7.51. The minimum atomic E-state index is -0.336. The summed E-state index contributed by atoms with van der Waals surface area (Å²) in [5.41, 5.74) is 2.20. The van der Waals surface area contributed by atoms with Gasteiger partial charge < -0.3 is 14.4 Å². The van der Waals surface area contributed by atoms with Crippen LogP contribution < -0.4 is 4.74 Å². The molecule has 0 spiro atoms. The molecule has 21 heavy (non-hydrogen) atoms. The van der Waals surface area contributed by atoms with E-state index in [9.17, 15) is 5.11 Å². The van der Waals surface area contributed by atoms with Crippen molar-refractivity contribution in [2.24, 2.45) is 0 Å². The van der Waals surface area contributed by atoms with Crippen LogP contribution >= 0.6 is 0 Å². The van der Waals surface area contributed by atoms with Crippen LogP contribution in [-0.4, -0.2) is 15.2 Å². The number of benzene rings is 1. The summed E-state index contributed by atoms with van der Waals surface area (Å²) < 4.78 is 10.8. The van der Waals surface area contributed by atoms with Gasteiger partial charge in [-0.25, -0.2) is 0 Å². The average molecular weight is 288 g/mol. The Morgan fingerprint density at radius 1 is 1.43 bits per heavy atom. The molecule has 1 aliphatic carbocycles. The topological polar surface area (TPSA) is 68.4 Å². The fourth-order valence-electron chi connectivity index (χ4n) is 2.67. The lowest BCUT2D eigenvalue weighted by Crippen LogP contribution is -2.09. The van der Waals surface area contributed by atoms with E-state index >= 15 is 0 Å². The SMILES string of the molecule is CCCc1nc(COc2ccc3c(c2)CCCC3O)no1. The molecule has 0 aliphatic heterocycles. The summed E-state index contributed by atoms with van der Waals surface area (Å²) in [5, 5.41) is 13.8. The first-order chi connectivity index (χ1) is 10.3. The molecular weight excluding hydrogens is 268 g/mol. The van der Waals surface area contributed by atoms with Gasteiger partial charge in [-0.3, -0.25) is 0 Å². The zero-order valence-electron chi connectivity index (χ0n) is 12.2. The maximum atomic E-state index is 9.94. The van der Waals surface area contributed by atoms with Gasteiger partial charge >= 0.3 is 0 Å². The Kier molecular flexibility index (Phi) is 4.20. The van der Waals surface area contributed by atoms with E-state index in [1.54, 1.807) is 0 Å². The Balaban J connectivity index is 1.65. The van der Waals surface area contributed by atoms with Gasteiger partial charge in [0.15, 0.2) is 6.61 Å². The zero-order valence-corrected chi connectivity index (χ0v) is 12.2. The molecule has 0 radical (unpaired) electrons. The van der Waals surface area contributed by atoms with Crippen molar-refractivity contribution in [1.82, 2.24) is 10.1 Å². The Morgan fingerprint density at radius 3 is 3.19 bits per heavy atom. The van der Waals surface area contributed by atoms with Crippen LogP contribution in [0.15, 0.2) is 22.7 Å². The number of aliphatic hydroxyl groups excluding tert-OH is 1. The quantitative estimate of drug-likeness (QED) is 0.916. The van der Waals surface area contributed by atoms with Crippen LogP contribution in [0.5, 0.6) is 5.75 Å². The summed E-state index contributed by atoms with van der Waals surface area (Å²) in [6, 6.07) is 5.85. The van der Waals surface area contributed by atoms with Gasteiger partial charge in [0.1, 0.15) is 5.75 Å². The molecule has 1 atom stereocenters. The van der Waals surface area contributed by atoms with Gasteiger partial charge in [-0.15, -0.1) is 0 Å². The van der Waals surface area contributed by atoms with E-state index in [1.807, 2.05) is 18.2 Å². The Morgan fingerprint density at radius 2 is 2.33 bits per heavy atom. The predicted molar refractivity (Wildman–Crippen MR) is 77.0 cm³/mol. The van der Waals surface area contributed by atoms with Crippen LogP contribution in [-0.2, 0) is 19.4 Å². The Bertz CT molecular complexity index is 609. The molecule has 1 unspecified atom stereocenters. The highest BCUT2D eigenvalue weighted by molar-refractivity contribution is 5.38. The van der Waals surface area contributed by atoms with Gasteiger partial charge in [-0.05, 0) is 48.9 Å². The Hall–Kier alpha value is -1.88. The van der Waals surface area contributed by atoms with Crippen molar-refractivity contribution in [2.45, 2.75) is 51.7 Å². The normalized spacial score (nSPS) is 17.5. The molecule has 1 heterocycles. The number of aromatic nitrogens is 2. The molecule has 0 saturated heterocycles. The number of aryl methyl sites for hydroxylation is 2. The molecule has 2 aromatic rings. The van der Waals surface area contributed by atoms with Gasteiger partial charge in [0, 0.05) is 6.42 Å². The fraction of sp³-hybridized carbons (Fsp3) is 0.500. The van der Waals surface area contributed by atoms with Crippen molar-refractivity contribution in [3.63, 3.8) is 0 Å². The highest BCUT2D eigenvalue weighted by Crippen LogP contribution is 2.32. The predicted octanol–water partition coefficient (Wildman–Crippen LogP) is 2.97. The number of rotatable bonds is 5. The van der Waals surface area contributed by atoms with E-state index in [1.165, 1.54) is 5.56 Å². The van der Waals surface area contributed by atoms with Crippen LogP contribution in [0.3, 0.4) is 0 Å². The monoisotopic (exact) mass is 288 g/mol. The van der Waals surface area contributed by atoms with Crippen molar-refractivity contribution >= 4 is 0 Å². The number of nitrogens with zero attached hydrogens (tertiary/aromatic N) is 2. The second-order valence-corrected chi connectivity index (χ2v) is 5.41. The Labute approximate surface area is 123 Å². The maximum Gasteiger partial charge on any atom is 0.226 e. The summed E-state index contributed by atoms with van der Waals surface area (Å²) in [6.07, 6.45) is 4.29. The average Bonchev–Trinajstić information content (AvgIpc) is 2.93. The van der Waals surface area contributed by atoms with Crippen LogP contribution in [0.4, 0.5) is 0 Å². The zero-order chi connectivity index (χ0) is 14.7. The molecule has 1 aromatic heterocycles. The molecule has 0 fully saturated rings. The lowest BCUT2D eigenvalue weighted by molar-refractivity contribution is 0.156. The number of aliphatic hydroxyl groups is 1. The van der Waals surface area contributed by atoms with Crippen molar-refractivity contribution in [3.8, 4) is 5.75 Å². The van der Waals surface area contributed by atoms with E-state index in [2.05, 4.69) is 17.1 Å². The second kappa shape index (κ2) is 6.26. The highest BCUT2D eigenvalue weighted by Gasteiger charge is 2.18. The van der Waals surface area contributed by atoms with Crippen molar-refractivity contribution in [2.75, 3.05) is 0 Å². The number of hydrogen-bond acceptors (Lipinski definition) is 5. The van der Waals surface area contributed by atoms with Crippen molar-refractivity contribution in [1.29, 1.82) is 0 Å². The van der Waals surface area contributed by atoms with E-state index in [-0.39, 0.29) is 6.10 Å². The van der Waals surface area contributed by atoms with Gasteiger partial charge in [0.05, 0.1) is 6.10 Å². The van der Waals surface area contributed by atoms with E-state index in [0.29, 0.717) is 18.3 Å². The summed E-state index contributed by atoms with van der Waals surface area (Å²) in [7, 11) is 0. The fourth-order valence-corrected chi connectivity index (χ4v) is 2.67. The molecule has 112 valence electrons. The third kappa shape index (κ3) is 3.24. The third-order valence-electron chi connectivity index (χ3n) is 3.74. The maximum absolute atomic E-state index is 9.94. The number of fused-ring (bicyclic) bond motifs is 1. The molecule has 1 N–H and O–H groups in total. The largest absolute Gasteiger partial charge is 0.485 e. The van der Waals surface area contributed by atoms with E-state index < -0.39 is 0 Å². The lowest BCUT2D eigenvalue weighted by atomic mass is 9.89. The van der Waals surface area contributed by atoms with E-state index in [0.717, 1.165) is 43.4 Å². The number of ether oxygens (including phenoxy) is 1. The van der Waals surface area contributed by atoms with Crippen LogP contribution in [0.25, 0.3) is 0 Å². The van der Waals surface area contributed by atoms with Gasteiger partial charge in [-0.2, -0.15) is 4.98 Å². The van der Waals surface area contributed by atoms with Gasteiger partial charge in [0.2, 0.25) is 11.7 Å². The first kappa shape index (κ1) is 14.1. The molecule has 3 rings (SSSR count). The third-order valence-corrected chi connectivity index (χ3v) is 3.74. The van der Waals surface area contributed by atoms with Crippen molar-refractivity contribution in [3.05, 3.63) is 41.0 Å². The summed E-state index contributed by atoms with van der Waals surface area (Å²) in [5.74, 6) is 2.01. The molecule has 1 aliphatic rings. The molecule has 5 nitrogen and oxygen atoms in total. The minimum absolute atomic E-state index is 0.300. The first-order valence-electron chi connectivity index (χ1n) is 7.51. The molecule has 5 heteroatoms. The lowest BCUT2D eigenvalue weighted by Gasteiger charge is -2.21. The standard InChI is InChI=1S/C16H20N2O3/c1-2-4-16-17-15(18-21-16)10-20-12-7-8-13-11(9-12)5-3-6-14(13)19/h7-9,14,19H,2-6,10H2,1H3. The van der Waals surface area contributed by atoms with Gasteiger partial charge in [-0.1, -0.05) is 18.1 Å². The van der Waals surface area contributed by atoms with E-state index in [4.69, 9.17) is 9.26 Å². The van der Waals surface area contributed by atoms with Crippen LogP contribution in [0.1, 0.15) is 55.1 Å². The molecular formula is C16H20N2O3. The molecule has 0 saturated carbocycles. The highest BCUT2D eigenvalue weighted by atomic mass is 16.5. The van der Waals surface area contributed by atoms with Crippen LogP contribution in [0.2, 0.25) is 0 Å². The summed E-state index contributed by atoms with van der Waals surface area (Å²) >= 11 is 0. The smallest absolute Gasteiger partial charge is 0.226 e. The molecule has 0 bridgehead atoms. The molecule has 1 aromatic carbocycles. The van der Waals surface area contributed by atoms with Gasteiger partial charge in [0.25, 0.3) is 0 Å². The molecule has 0 amide bonds. The summed E-state index contributed by atoms with van der Waals surface area (Å²) in [6.45, 7) is 2.37. The summed E-state index contributed by atoms with van der Waals surface area (Å²) in [4.78, 5) is 4.27.